The van der Waals surface area contributed by atoms with Crippen molar-refractivity contribution in [3.8, 4) is 0 Å². The molecule has 0 amide bonds. The number of hydrogen-bond acceptors (Lipinski definition) is 1. The smallest absolute Gasteiger partial charge is 0.269 e. The molecule has 0 aliphatic rings. The predicted molar refractivity (Wildman–Crippen MR) is 35.9 cm³/mol. The third kappa shape index (κ3) is 1.28. The molecule has 0 aromatic carbocycles. The summed E-state index contributed by atoms with van der Waals surface area (Å²) >= 11 is 5.39. The van der Waals surface area contributed by atoms with Crippen LogP contribution in [0.5, 0.6) is 0 Å². The monoisotopic (exact) mass is 182 g/mol. The Balaban J connectivity index is 3.34. The highest BCUT2D eigenvalue weighted by Crippen LogP contribution is 2.10. The normalized spacial score (nSPS) is 11.0. The van der Waals surface area contributed by atoms with E-state index in [-0.39, 0.29) is 9.83 Å². The molecular formula is C5H5ClF2N2O. The van der Waals surface area contributed by atoms with Gasteiger partial charge in [0.2, 0.25) is 0 Å². The lowest BCUT2D eigenvalue weighted by atomic mass is 10.7. The molecule has 0 fully saturated rings. The molecule has 6 heteroatoms. The molecule has 0 N–H and O–H groups in total. The Labute approximate surface area is 65.8 Å². The van der Waals surface area contributed by atoms with Gasteiger partial charge in [0.05, 0.1) is 0 Å². The highest BCUT2D eigenvalue weighted by Gasteiger charge is 2.13. The molecule has 0 bridgehead atoms. The van der Waals surface area contributed by atoms with Crippen LogP contribution in [0.25, 0.3) is 0 Å². The Hall–Kier alpha value is -0.840. The summed E-state index contributed by atoms with van der Waals surface area (Å²) in [5.41, 5.74) is -0.799. The zero-order valence-corrected chi connectivity index (χ0v) is 6.35. The number of alkyl halides is 2. The van der Waals surface area contributed by atoms with Crippen molar-refractivity contribution in [1.29, 1.82) is 0 Å². The van der Waals surface area contributed by atoms with Crippen LogP contribution < -0.4 is 5.56 Å². The Bertz CT molecular complexity index is 317. The molecule has 0 spiro atoms. The first-order chi connectivity index (χ1) is 5.04. The van der Waals surface area contributed by atoms with Crippen molar-refractivity contribution >= 4 is 11.6 Å². The van der Waals surface area contributed by atoms with Crippen LogP contribution in [0.15, 0.2) is 10.9 Å². The zero-order chi connectivity index (χ0) is 8.59. The molecule has 0 unspecified atom stereocenters. The van der Waals surface area contributed by atoms with Crippen LogP contribution in [-0.2, 0) is 7.05 Å². The lowest BCUT2D eigenvalue weighted by Gasteiger charge is -2.04. The van der Waals surface area contributed by atoms with E-state index in [1.165, 1.54) is 7.05 Å². The maximum Gasteiger partial charge on any atom is 0.334 e. The third-order valence-corrected chi connectivity index (χ3v) is 1.64. The molecule has 1 aromatic rings. The quantitative estimate of drug-likeness (QED) is 0.642. The SMILES string of the molecule is Cn1c(Cl)cc(=O)n1C(F)F. The molecule has 11 heavy (non-hydrogen) atoms. The second-order valence-electron chi connectivity index (χ2n) is 1.95. The minimum absolute atomic E-state index is 0.00435. The van der Waals surface area contributed by atoms with Crippen LogP contribution in [-0.4, -0.2) is 9.36 Å². The third-order valence-electron chi connectivity index (χ3n) is 1.29. The van der Waals surface area contributed by atoms with Crippen LogP contribution in [0.1, 0.15) is 6.55 Å². The summed E-state index contributed by atoms with van der Waals surface area (Å²) < 4.78 is 25.1. The topological polar surface area (TPSA) is 26.9 Å². The van der Waals surface area contributed by atoms with E-state index >= 15 is 0 Å². The van der Waals surface area contributed by atoms with Crippen LogP contribution in [0.2, 0.25) is 5.15 Å². The number of nitrogens with zero attached hydrogens (tertiary/aromatic N) is 2. The van der Waals surface area contributed by atoms with Gasteiger partial charge in [-0.05, 0) is 0 Å². The fourth-order valence-corrected chi connectivity index (χ4v) is 0.914. The number of rotatable bonds is 1. The summed E-state index contributed by atoms with van der Waals surface area (Å²) in [5, 5.41) is -0.00435. The van der Waals surface area contributed by atoms with Gasteiger partial charge in [0.15, 0.2) is 0 Å². The Kier molecular flexibility index (Phi) is 1.99. The highest BCUT2D eigenvalue weighted by atomic mass is 35.5. The van der Waals surface area contributed by atoms with E-state index in [1.54, 1.807) is 0 Å². The van der Waals surface area contributed by atoms with E-state index in [9.17, 15) is 13.6 Å². The molecule has 1 heterocycles. The molecular weight excluding hydrogens is 178 g/mol. The second-order valence-corrected chi connectivity index (χ2v) is 2.34. The van der Waals surface area contributed by atoms with Crippen molar-refractivity contribution in [3.63, 3.8) is 0 Å². The maximum atomic E-state index is 12.0. The molecule has 62 valence electrons. The molecule has 0 aliphatic heterocycles. The van der Waals surface area contributed by atoms with E-state index in [0.717, 1.165) is 10.7 Å². The average Bonchev–Trinajstić information content (AvgIpc) is 2.07. The summed E-state index contributed by atoms with van der Waals surface area (Å²) in [5.74, 6) is 0. The van der Waals surface area contributed by atoms with Crippen LogP contribution in [0, 0.1) is 0 Å². The van der Waals surface area contributed by atoms with Crippen LogP contribution >= 0.6 is 11.6 Å². The fourth-order valence-electron chi connectivity index (χ4n) is 0.739. The van der Waals surface area contributed by atoms with E-state index in [1.807, 2.05) is 0 Å². The number of halogens is 3. The van der Waals surface area contributed by atoms with Crippen molar-refractivity contribution in [2.45, 2.75) is 6.55 Å². The van der Waals surface area contributed by atoms with Crippen molar-refractivity contribution in [1.82, 2.24) is 9.36 Å². The Morgan fingerprint density at radius 1 is 1.64 bits per heavy atom. The molecule has 3 nitrogen and oxygen atoms in total. The summed E-state index contributed by atoms with van der Waals surface area (Å²) in [6.45, 7) is -2.85. The standard InChI is InChI=1S/C5H5ClF2N2O/c1-9-3(6)2-4(11)10(9)5(7)8/h2,5H,1H3. The summed E-state index contributed by atoms with van der Waals surface area (Å²) in [6.07, 6.45) is 0. The van der Waals surface area contributed by atoms with E-state index in [4.69, 9.17) is 11.6 Å². The van der Waals surface area contributed by atoms with Crippen molar-refractivity contribution in [2.75, 3.05) is 0 Å². The van der Waals surface area contributed by atoms with Crippen molar-refractivity contribution in [2.24, 2.45) is 7.05 Å². The van der Waals surface area contributed by atoms with Gasteiger partial charge in [-0.2, -0.15) is 13.5 Å². The van der Waals surface area contributed by atoms with Gasteiger partial charge < -0.3 is 0 Å². The largest absolute Gasteiger partial charge is 0.334 e. The summed E-state index contributed by atoms with van der Waals surface area (Å²) in [6, 6.07) is 0.938. The first-order valence-electron chi connectivity index (χ1n) is 2.76. The number of aromatic nitrogens is 2. The predicted octanol–water partition coefficient (Wildman–Crippen LogP) is 1.24. The van der Waals surface area contributed by atoms with E-state index in [2.05, 4.69) is 0 Å². The van der Waals surface area contributed by atoms with Gasteiger partial charge in [-0.3, -0.25) is 9.48 Å². The molecule has 0 aliphatic carbocycles. The first kappa shape index (κ1) is 8.26. The Morgan fingerprint density at radius 3 is 2.36 bits per heavy atom. The van der Waals surface area contributed by atoms with Crippen molar-refractivity contribution in [3.05, 3.63) is 21.6 Å². The Morgan fingerprint density at radius 2 is 2.18 bits per heavy atom. The summed E-state index contributed by atoms with van der Waals surface area (Å²) in [7, 11) is 1.29. The molecule has 0 saturated heterocycles. The first-order valence-corrected chi connectivity index (χ1v) is 3.14. The van der Waals surface area contributed by atoms with Crippen LogP contribution in [0.3, 0.4) is 0 Å². The average molecular weight is 183 g/mol. The number of hydrogen-bond donors (Lipinski definition) is 0. The second kappa shape index (κ2) is 2.65. The van der Waals surface area contributed by atoms with Gasteiger partial charge in [-0.1, -0.05) is 11.6 Å². The van der Waals surface area contributed by atoms with Gasteiger partial charge in [-0.15, -0.1) is 0 Å². The lowest BCUT2D eigenvalue weighted by molar-refractivity contribution is 0.0417. The van der Waals surface area contributed by atoms with E-state index in [0.29, 0.717) is 0 Å². The molecule has 1 rings (SSSR count). The zero-order valence-electron chi connectivity index (χ0n) is 5.59. The van der Waals surface area contributed by atoms with Crippen LogP contribution in [0.4, 0.5) is 8.78 Å². The van der Waals surface area contributed by atoms with Gasteiger partial charge in [0.25, 0.3) is 5.56 Å². The van der Waals surface area contributed by atoms with Gasteiger partial charge in [0.1, 0.15) is 5.15 Å². The minimum atomic E-state index is -2.85. The van der Waals surface area contributed by atoms with E-state index < -0.39 is 12.1 Å². The maximum absolute atomic E-state index is 12.0. The molecule has 1 aromatic heterocycles. The molecule has 0 radical (unpaired) electrons. The fraction of sp³-hybridized carbons (Fsp3) is 0.400. The summed E-state index contributed by atoms with van der Waals surface area (Å²) in [4.78, 5) is 10.7. The lowest BCUT2D eigenvalue weighted by Crippen LogP contribution is -2.21. The highest BCUT2D eigenvalue weighted by molar-refractivity contribution is 6.29. The minimum Gasteiger partial charge on any atom is -0.269 e. The van der Waals surface area contributed by atoms with Crippen molar-refractivity contribution < 1.29 is 8.78 Å². The van der Waals surface area contributed by atoms with Gasteiger partial charge in [0, 0.05) is 13.1 Å². The van der Waals surface area contributed by atoms with Gasteiger partial charge >= 0.3 is 6.55 Å². The molecule has 0 saturated carbocycles. The molecule has 0 atom stereocenters. The van der Waals surface area contributed by atoms with Gasteiger partial charge in [-0.25, -0.2) is 0 Å².